The second-order valence-corrected chi connectivity index (χ2v) is 9.11. The molecule has 2 aliphatic rings. The molecule has 3 heterocycles. The lowest BCUT2D eigenvalue weighted by Crippen LogP contribution is -2.40. The van der Waals surface area contributed by atoms with Crippen molar-refractivity contribution in [3.63, 3.8) is 0 Å². The van der Waals surface area contributed by atoms with Gasteiger partial charge in [0.1, 0.15) is 5.76 Å². The highest BCUT2D eigenvalue weighted by atomic mass is 16.5. The second kappa shape index (κ2) is 10.1. The average Bonchev–Trinajstić information content (AvgIpc) is 3.25. The Hall–Kier alpha value is -2.63. The van der Waals surface area contributed by atoms with Gasteiger partial charge >= 0.3 is 0 Å². The molecule has 0 unspecified atom stereocenters. The smallest absolute Gasteiger partial charge is 0.276 e. The number of aryl methyl sites for hydroxylation is 1. The Bertz CT molecular complexity index is 863. The van der Waals surface area contributed by atoms with Crippen molar-refractivity contribution in [3.05, 3.63) is 53.4 Å². The van der Waals surface area contributed by atoms with Gasteiger partial charge in [-0.25, -0.2) is 0 Å². The lowest BCUT2D eigenvalue weighted by Gasteiger charge is -2.34. The van der Waals surface area contributed by atoms with Crippen molar-refractivity contribution in [1.29, 1.82) is 0 Å². The predicted molar refractivity (Wildman–Crippen MR) is 119 cm³/mol. The number of piperidine rings is 2. The van der Waals surface area contributed by atoms with E-state index < -0.39 is 0 Å². The highest BCUT2D eigenvalue weighted by Crippen LogP contribution is 2.25. The number of carbonyl (C=O) groups is 2. The number of rotatable bonds is 6. The topological polar surface area (TPSA) is 66.7 Å². The third kappa shape index (κ3) is 5.75. The van der Waals surface area contributed by atoms with Gasteiger partial charge in [-0.3, -0.25) is 9.59 Å². The predicted octanol–water partition coefficient (Wildman–Crippen LogP) is 4.10. The number of benzene rings is 1. The Morgan fingerprint density at radius 3 is 2.26 bits per heavy atom. The SMILES string of the molecule is Cc1cc(C(=O)N2CCC(CCC(=O)N3CCC(Cc4ccccc4)CC3)CC2)no1. The van der Waals surface area contributed by atoms with E-state index in [0.717, 1.165) is 64.7 Å². The number of hydrogen-bond acceptors (Lipinski definition) is 4. The number of aromatic nitrogens is 1. The van der Waals surface area contributed by atoms with E-state index in [0.29, 0.717) is 35.6 Å². The molecule has 0 aliphatic carbocycles. The summed E-state index contributed by atoms with van der Waals surface area (Å²) in [5.41, 5.74) is 1.79. The van der Waals surface area contributed by atoms with Crippen LogP contribution in [0.3, 0.4) is 0 Å². The van der Waals surface area contributed by atoms with E-state index in [2.05, 4.69) is 40.4 Å². The molecule has 0 radical (unpaired) electrons. The summed E-state index contributed by atoms with van der Waals surface area (Å²) in [5.74, 6) is 2.10. The minimum absolute atomic E-state index is 0.0512. The monoisotopic (exact) mass is 423 g/mol. The Kier molecular flexibility index (Phi) is 7.05. The van der Waals surface area contributed by atoms with E-state index in [4.69, 9.17) is 4.52 Å². The van der Waals surface area contributed by atoms with Crippen molar-refractivity contribution >= 4 is 11.8 Å². The fraction of sp³-hybridized carbons (Fsp3) is 0.560. The van der Waals surface area contributed by atoms with Crippen LogP contribution in [0, 0.1) is 18.8 Å². The van der Waals surface area contributed by atoms with E-state index in [1.54, 1.807) is 13.0 Å². The molecule has 2 saturated heterocycles. The van der Waals surface area contributed by atoms with Gasteiger partial charge in [0.25, 0.3) is 5.91 Å². The van der Waals surface area contributed by atoms with E-state index in [-0.39, 0.29) is 5.91 Å². The van der Waals surface area contributed by atoms with Gasteiger partial charge < -0.3 is 14.3 Å². The summed E-state index contributed by atoms with van der Waals surface area (Å²) >= 11 is 0. The fourth-order valence-corrected chi connectivity index (χ4v) is 4.87. The average molecular weight is 424 g/mol. The highest BCUT2D eigenvalue weighted by Gasteiger charge is 2.27. The number of nitrogens with zero attached hydrogens (tertiary/aromatic N) is 3. The summed E-state index contributed by atoms with van der Waals surface area (Å²) in [6.07, 6.45) is 6.78. The van der Waals surface area contributed by atoms with E-state index in [9.17, 15) is 9.59 Å². The first-order valence-electron chi connectivity index (χ1n) is 11.6. The number of likely N-dealkylation sites (tertiary alicyclic amines) is 2. The maximum absolute atomic E-state index is 12.7. The lowest BCUT2D eigenvalue weighted by molar-refractivity contribution is -0.133. The second-order valence-electron chi connectivity index (χ2n) is 9.11. The van der Waals surface area contributed by atoms with Gasteiger partial charge in [-0.15, -0.1) is 0 Å². The van der Waals surface area contributed by atoms with Crippen LogP contribution in [0.1, 0.15) is 60.3 Å². The standard InChI is InChI=1S/C25H33N3O3/c1-19-17-23(26-31-19)25(30)28-15-9-20(10-16-28)7-8-24(29)27-13-11-22(12-14-27)18-21-5-3-2-4-6-21/h2-6,17,20,22H,7-16,18H2,1H3. The van der Waals surface area contributed by atoms with Gasteiger partial charge in [0.05, 0.1) is 0 Å². The first kappa shape index (κ1) is 21.6. The molecule has 2 fully saturated rings. The molecule has 0 saturated carbocycles. The third-order valence-electron chi connectivity index (χ3n) is 6.85. The Morgan fingerprint density at radius 2 is 1.61 bits per heavy atom. The van der Waals surface area contributed by atoms with Crippen molar-refractivity contribution in [3.8, 4) is 0 Å². The van der Waals surface area contributed by atoms with Crippen LogP contribution in [0.4, 0.5) is 0 Å². The first-order chi connectivity index (χ1) is 15.1. The van der Waals surface area contributed by atoms with Crippen LogP contribution < -0.4 is 0 Å². The van der Waals surface area contributed by atoms with Crippen LogP contribution >= 0.6 is 0 Å². The van der Waals surface area contributed by atoms with Crippen molar-refractivity contribution in [1.82, 2.24) is 15.0 Å². The molecule has 166 valence electrons. The van der Waals surface area contributed by atoms with Crippen LogP contribution in [-0.4, -0.2) is 52.9 Å². The molecule has 6 nitrogen and oxygen atoms in total. The molecule has 31 heavy (non-hydrogen) atoms. The molecule has 0 N–H and O–H groups in total. The molecular weight excluding hydrogens is 390 g/mol. The number of amides is 2. The van der Waals surface area contributed by atoms with Crippen LogP contribution in [0.2, 0.25) is 0 Å². The van der Waals surface area contributed by atoms with Crippen molar-refractivity contribution in [2.45, 2.75) is 51.9 Å². The van der Waals surface area contributed by atoms with E-state index in [1.165, 1.54) is 5.56 Å². The molecular formula is C25H33N3O3. The zero-order valence-electron chi connectivity index (χ0n) is 18.5. The molecule has 0 atom stereocenters. The molecule has 6 heteroatoms. The molecule has 0 spiro atoms. The molecule has 2 aliphatic heterocycles. The summed E-state index contributed by atoms with van der Waals surface area (Å²) < 4.78 is 5.02. The van der Waals surface area contributed by atoms with Crippen molar-refractivity contribution in [2.24, 2.45) is 11.8 Å². The maximum atomic E-state index is 12.7. The zero-order valence-corrected chi connectivity index (χ0v) is 18.5. The van der Waals surface area contributed by atoms with Gasteiger partial charge in [0.2, 0.25) is 5.91 Å². The number of hydrogen-bond donors (Lipinski definition) is 0. The summed E-state index contributed by atoms with van der Waals surface area (Å²) in [6.45, 7) is 5.03. The Morgan fingerprint density at radius 1 is 0.968 bits per heavy atom. The fourth-order valence-electron chi connectivity index (χ4n) is 4.87. The zero-order chi connectivity index (χ0) is 21.6. The first-order valence-corrected chi connectivity index (χ1v) is 11.6. The van der Waals surface area contributed by atoms with Gasteiger partial charge in [0, 0.05) is 38.7 Å². The van der Waals surface area contributed by atoms with Crippen LogP contribution in [0.25, 0.3) is 0 Å². The molecule has 2 amide bonds. The lowest BCUT2D eigenvalue weighted by atomic mass is 9.89. The summed E-state index contributed by atoms with van der Waals surface area (Å²) in [4.78, 5) is 29.1. The Labute approximate surface area is 184 Å². The molecule has 1 aromatic heterocycles. The van der Waals surface area contributed by atoms with Gasteiger partial charge in [-0.2, -0.15) is 0 Å². The molecule has 4 rings (SSSR count). The molecule has 2 aromatic rings. The van der Waals surface area contributed by atoms with Crippen LogP contribution in [0.15, 0.2) is 40.9 Å². The third-order valence-corrected chi connectivity index (χ3v) is 6.85. The quantitative estimate of drug-likeness (QED) is 0.702. The summed E-state index contributed by atoms with van der Waals surface area (Å²) in [6, 6.07) is 12.3. The molecule has 0 bridgehead atoms. The van der Waals surface area contributed by atoms with Crippen LogP contribution in [0.5, 0.6) is 0 Å². The maximum Gasteiger partial charge on any atom is 0.276 e. The summed E-state index contributed by atoms with van der Waals surface area (Å²) in [7, 11) is 0. The largest absolute Gasteiger partial charge is 0.361 e. The van der Waals surface area contributed by atoms with E-state index >= 15 is 0 Å². The van der Waals surface area contributed by atoms with Gasteiger partial charge in [0.15, 0.2) is 5.69 Å². The van der Waals surface area contributed by atoms with E-state index in [1.807, 2.05) is 4.90 Å². The molecule has 1 aromatic carbocycles. The van der Waals surface area contributed by atoms with Crippen LogP contribution in [-0.2, 0) is 11.2 Å². The minimum Gasteiger partial charge on any atom is -0.361 e. The number of carbonyl (C=O) groups excluding carboxylic acids is 2. The minimum atomic E-state index is -0.0512. The van der Waals surface area contributed by atoms with Crippen molar-refractivity contribution < 1.29 is 14.1 Å². The van der Waals surface area contributed by atoms with Gasteiger partial charge in [-0.1, -0.05) is 35.5 Å². The van der Waals surface area contributed by atoms with Crippen molar-refractivity contribution in [2.75, 3.05) is 26.2 Å². The Balaban J connectivity index is 1.14. The summed E-state index contributed by atoms with van der Waals surface area (Å²) in [5, 5.41) is 3.83. The normalized spacial score (nSPS) is 18.4. The highest BCUT2D eigenvalue weighted by molar-refractivity contribution is 5.92. The van der Waals surface area contributed by atoms with Gasteiger partial charge in [-0.05, 0) is 62.8 Å².